The molecule has 0 bridgehead atoms. The Morgan fingerprint density at radius 3 is 2.61 bits per heavy atom. The third-order valence-corrected chi connectivity index (χ3v) is 6.79. The fraction of sp³-hybridized carbons (Fsp3) is 0.0833. The van der Waals surface area contributed by atoms with Gasteiger partial charge in [0.25, 0.3) is 5.91 Å². The van der Waals surface area contributed by atoms with Crippen LogP contribution in [0.25, 0.3) is 11.0 Å². The third-order valence-electron chi connectivity index (χ3n) is 5.49. The standard InChI is InChI=1S/C24H14ClF2NO4S/c1-11-6-7-33-23(11)20-19(21(29)18-9-12-8-13(25)2-5-17(12)32-18)22(30)24(31)28(20)14-3-4-15(26)16(27)10-14/h2-10,20,30H,1H3. The molecule has 33 heavy (non-hydrogen) atoms. The minimum atomic E-state index is -1.16. The molecule has 0 saturated heterocycles. The predicted molar refractivity (Wildman–Crippen MR) is 121 cm³/mol. The minimum Gasteiger partial charge on any atom is -0.503 e. The highest BCUT2D eigenvalue weighted by Gasteiger charge is 2.46. The average Bonchev–Trinajstić information content (AvgIpc) is 3.46. The number of aliphatic hydroxyl groups is 1. The van der Waals surface area contributed by atoms with Crippen LogP contribution in [-0.4, -0.2) is 16.8 Å². The highest BCUT2D eigenvalue weighted by Crippen LogP contribution is 2.45. The van der Waals surface area contributed by atoms with Gasteiger partial charge in [-0.1, -0.05) is 11.6 Å². The summed E-state index contributed by atoms with van der Waals surface area (Å²) in [5.74, 6) is -4.70. The zero-order valence-corrected chi connectivity index (χ0v) is 18.5. The van der Waals surface area contributed by atoms with Gasteiger partial charge in [-0.05, 0) is 60.3 Å². The van der Waals surface area contributed by atoms with E-state index in [0.717, 1.165) is 22.6 Å². The van der Waals surface area contributed by atoms with Crippen LogP contribution in [0.4, 0.5) is 14.5 Å². The van der Waals surface area contributed by atoms with Crippen molar-refractivity contribution in [1.29, 1.82) is 0 Å². The molecular weight excluding hydrogens is 472 g/mol. The molecule has 0 fully saturated rings. The quantitative estimate of drug-likeness (QED) is 0.334. The molecule has 1 aliphatic heterocycles. The van der Waals surface area contributed by atoms with Gasteiger partial charge in [0, 0.05) is 27.0 Å². The number of amides is 1. The van der Waals surface area contributed by atoms with Crippen molar-refractivity contribution < 1.29 is 27.9 Å². The van der Waals surface area contributed by atoms with Gasteiger partial charge in [-0.2, -0.15) is 0 Å². The Bertz CT molecular complexity index is 1490. The Labute approximate surface area is 195 Å². The molecule has 1 N–H and O–H groups in total. The number of carbonyl (C=O) groups excluding carboxylic acids is 2. The van der Waals surface area contributed by atoms with E-state index in [9.17, 15) is 23.5 Å². The summed E-state index contributed by atoms with van der Waals surface area (Å²) in [4.78, 5) is 28.3. The van der Waals surface area contributed by atoms with E-state index in [4.69, 9.17) is 16.0 Å². The highest BCUT2D eigenvalue weighted by atomic mass is 35.5. The van der Waals surface area contributed by atoms with Gasteiger partial charge in [0.15, 0.2) is 23.2 Å². The van der Waals surface area contributed by atoms with Gasteiger partial charge in [-0.3, -0.25) is 14.5 Å². The van der Waals surface area contributed by atoms with Crippen LogP contribution >= 0.6 is 22.9 Å². The number of aliphatic hydroxyl groups excluding tert-OH is 1. The van der Waals surface area contributed by atoms with Gasteiger partial charge in [-0.15, -0.1) is 11.3 Å². The molecule has 1 aliphatic rings. The first-order valence-corrected chi connectivity index (χ1v) is 11.0. The van der Waals surface area contributed by atoms with Crippen molar-refractivity contribution in [3.05, 3.63) is 98.1 Å². The molecule has 4 aromatic rings. The Morgan fingerprint density at radius 2 is 1.91 bits per heavy atom. The number of carbonyl (C=O) groups is 2. The SMILES string of the molecule is Cc1ccsc1C1C(C(=O)c2cc3cc(Cl)ccc3o2)=C(O)C(=O)N1c1ccc(F)c(F)c1. The topological polar surface area (TPSA) is 70.7 Å². The number of Topliss-reactive ketones (excluding diaryl/α,β-unsaturated/α-hetero) is 1. The fourth-order valence-corrected chi connectivity index (χ4v) is 5.12. The molecule has 1 amide bonds. The number of anilines is 1. The second kappa shape index (κ2) is 7.83. The summed E-state index contributed by atoms with van der Waals surface area (Å²) in [5, 5.41) is 13.6. The van der Waals surface area contributed by atoms with E-state index < -0.39 is 35.1 Å². The van der Waals surface area contributed by atoms with Crippen LogP contribution in [0.3, 0.4) is 0 Å². The highest BCUT2D eigenvalue weighted by molar-refractivity contribution is 7.10. The Kier molecular flexibility index (Phi) is 5.07. The number of furan rings is 1. The molecule has 2 aromatic carbocycles. The first kappa shape index (κ1) is 21.4. The zero-order valence-electron chi connectivity index (χ0n) is 16.9. The van der Waals surface area contributed by atoms with Crippen molar-refractivity contribution >= 4 is 51.3 Å². The second-order valence-corrected chi connectivity index (χ2v) is 8.91. The van der Waals surface area contributed by atoms with Gasteiger partial charge >= 0.3 is 0 Å². The number of halogens is 3. The number of thiophene rings is 1. The monoisotopic (exact) mass is 485 g/mol. The van der Waals surface area contributed by atoms with Crippen LogP contribution < -0.4 is 4.90 Å². The van der Waals surface area contributed by atoms with E-state index >= 15 is 0 Å². The van der Waals surface area contributed by atoms with E-state index in [2.05, 4.69) is 0 Å². The van der Waals surface area contributed by atoms with Crippen molar-refractivity contribution in [3.8, 4) is 0 Å². The summed E-state index contributed by atoms with van der Waals surface area (Å²) < 4.78 is 33.2. The number of rotatable bonds is 4. The summed E-state index contributed by atoms with van der Waals surface area (Å²) >= 11 is 7.29. The number of hydrogen-bond acceptors (Lipinski definition) is 5. The molecule has 1 atom stereocenters. The Morgan fingerprint density at radius 1 is 1.12 bits per heavy atom. The van der Waals surface area contributed by atoms with Crippen LogP contribution in [0.2, 0.25) is 5.02 Å². The summed E-state index contributed by atoms with van der Waals surface area (Å²) in [6.07, 6.45) is 0. The van der Waals surface area contributed by atoms with E-state index in [-0.39, 0.29) is 17.0 Å². The number of hydrogen-bond donors (Lipinski definition) is 1. The maximum Gasteiger partial charge on any atom is 0.294 e. The molecule has 9 heteroatoms. The molecule has 166 valence electrons. The molecule has 3 heterocycles. The minimum absolute atomic E-state index is 0.00226. The number of ketones is 1. The van der Waals surface area contributed by atoms with Crippen molar-refractivity contribution in [1.82, 2.24) is 0 Å². The molecule has 0 saturated carbocycles. The molecule has 0 aliphatic carbocycles. The molecular formula is C24H14ClF2NO4S. The molecule has 1 unspecified atom stereocenters. The first-order chi connectivity index (χ1) is 15.8. The lowest BCUT2D eigenvalue weighted by molar-refractivity contribution is -0.117. The smallest absolute Gasteiger partial charge is 0.294 e. The van der Waals surface area contributed by atoms with E-state index in [1.807, 2.05) is 0 Å². The van der Waals surface area contributed by atoms with Gasteiger partial charge in [-0.25, -0.2) is 8.78 Å². The maximum atomic E-state index is 14.0. The zero-order chi connectivity index (χ0) is 23.4. The number of fused-ring (bicyclic) bond motifs is 1. The van der Waals surface area contributed by atoms with Crippen LogP contribution in [0.1, 0.15) is 27.0 Å². The van der Waals surface area contributed by atoms with Crippen molar-refractivity contribution in [2.75, 3.05) is 4.90 Å². The van der Waals surface area contributed by atoms with Gasteiger partial charge in [0.1, 0.15) is 11.6 Å². The van der Waals surface area contributed by atoms with Gasteiger partial charge in [0.2, 0.25) is 5.78 Å². The molecule has 5 rings (SSSR count). The fourth-order valence-electron chi connectivity index (χ4n) is 3.91. The second-order valence-electron chi connectivity index (χ2n) is 7.53. The lowest BCUT2D eigenvalue weighted by Crippen LogP contribution is -2.31. The van der Waals surface area contributed by atoms with Gasteiger partial charge in [0.05, 0.1) is 5.57 Å². The number of nitrogens with zero attached hydrogens (tertiary/aromatic N) is 1. The van der Waals surface area contributed by atoms with Crippen molar-refractivity contribution in [2.45, 2.75) is 13.0 Å². The van der Waals surface area contributed by atoms with E-state index in [1.165, 1.54) is 23.5 Å². The van der Waals surface area contributed by atoms with Crippen LogP contribution in [-0.2, 0) is 4.79 Å². The van der Waals surface area contributed by atoms with Crippen LogP contribution in [0.15, 0.2) is 69.7 Å². The third kappa shape index (κ3) is 3.42. The summed E-state index contributed by atoms with van der Waals surface area (Å²) in [6.45, 7) is 1.79. The summed E-state index contributed by atoms with van der Waals surface area (Å²) in [5.41, 5.74) is 0.970. The lowest BCUT2D eigenvalue weighted by Gasteiger charge is -2.26. The normalized spacial score (nSPS) is 16.3. The maximum absolute atomic E-state index is 14.0. The summed E-state index contributed by atoms with van der Waals surface area (Å²) in [6, 6.07) is 10.0. The summed E-state index contributed by atoms with van der Waals surface area (Å²) in [7, 11) is 0. The molecule has 0 radical (unpaired) electrons. The molecule has 5 nitrogen and oxygen atoms in total. The molecule has 0 spiro atoms. The predicted octanol–water partition coefficient (Wildman–Crippen LogP) is 6.52. The Hall–Kier alpha value is -3.49. The molecule has 2 aromatic heterocycles. The average molecular weight is 486 g/mol. The number of aryl methyl sites for hydroxylation is 1. The largest absolute Gasteiger partial charge is 0.503 e. The van der Waals surface area contributed by atoms with Crippen molar-refractivity contribution in [3.63, 3.8) is 0 Å². The van der Waals surface area contributed by atoms with Crippen LogP contribution in [0.5, 0.6) is 0 Å². The number of benzene rings is 2. The lowest BCUT2D eigenvalue weighted by atomic mass is 9.98. The van der Waals surface area contributed by atoms with Gasteiger partial charge < -0.3 is 9.52 Å². The Balaban J connectivity index is 1.67. The van der Waals surface area contributed by atoms with E-state index in [0.29, 0.717) is 20.9 Å². The van der Waals surface area contributed by atoms with E-state index in [1.54, 1.807) is 36.6 Å². The van der Waals surface area contributed by atoms with Crippen LogP contribution in [0, 0.1) is 18.6 Å². The first-order valence-electron chi connectivity index (χ1n) is 9.76. The van der Waals surface area contributed by atoms with Crippen molar-refractivity contribution in [2.24, 2.45) is 0 Å².